The van der Waals surface area contributed by atoms with Gasteiger partial charge in [0.15, 0.2) is 0 Å². The highest BCUT2D eigenvalue weighted by Gasteiger charge is 2.35. The van der Waals surface area contributed by atoms with E-state index >= 15 is 0 Å². The van der Waals surface area contributed by atoms with Crippen LogP contribution >= 0.6 is 11.8 Å². The Morgan fingerprint density at radius 3 is 2.38 bits per heavy atom. The zero-order valence-electron chi connectivity index (χ0n) is 18.9. The maximum atomic E-state index is 13.2. The molecule has 0 saturated carbocycles. The predicted octanol–water partition coefficient (Wildman–Crippen LogP) is 2.96. The minimum absolute atomic E-state index is 0.0353. The van der Waals surface area contributed by atoms with Gasteiger partial charge in [-0.25, -0.2) is 4.79 Å². The first kappa shape index (κ1) is 24.1. The molecule has 34 heavy (non-hydrogen) atoms. The highest BCUT2D eigenvalue weighted by molar-refractivity contribution is 7.99. The number of hydrogen-bond acceptors (Lipinski definition) is 6. The summed E-state index contributed by atoms with van der Waals surface area (Å²) in [6.45, 7) is 0.524. The van der Waals surface area contributed by atoms with Crippen LogP contribution in [-0.4, -0.2) is 78.4 Å². The monoisotopic (exact) mass is 484 g/mol. The first-order valence-corrected chi connectivity index (χ1v) is 12.4. The topological polar surface area (TPSA) is 105 Å². The molecule has 2 unspecified atom stereocenters. The molecule has 0 spiro atoms. The molecular weight excluding hydrogens is 456 g/mol. The van der Waals surface area contributed by atoms with Gasteiger partial charge in [-0.1, -0.05) is 48.5 Å². The molecule has 0 bridgehead atoms. The number of carbonyl (C=O) groups is 3. The third-order valence-corrected chi connectivity index (χ3v) is 7.28. The number of carbonyl (C=O) groups excluding carboxylic acids is 2. The summed E-state index contributed by atoms with van der Waals surface area (Å²) in [6.07, 6.45) is -0.845. The number of amides is 2. The number of methoxy groups -OCH3 is 1. The molecule has 1 fully saturated rings. The summed E-state index contributed by atoms with van der Waals surface area (Å²) in [6, 6.07) is 14.7. The molecule has 180 valence electrons. The molecule has 1 saturated heterocycles. The lowest BCUT2D eigenvalue weighted by Gasteiger charge is -2.36. The van der Waals surface area contributed by atoms with E-state index in [1.807, 2.05) is 36.4 Å². The van der Waals surface area contributed by atoms with Crippen LogP contribution in [0.4, 0.5) is 4.79 Å². The zero-order valence-corrected chi connectivity index (χ0v) is 19.8. The van der Waals surface area contributed by atoms with Crippen molar-refractivity contribution in [3.05, 3.63) is 59.7 Å². The van der Waals surface area contributed by atoms with Crippen molar-refractivity contribution in [3.63, 3.8) is 0 Å². The molecule has 4 rings (SSSR count). The van der Waals surface area contributed by atoms with Crippen molar-refractivity contribution < 1.29 is 29.0 Å². The fourth-order valence-electron chi connectivity index (χ4n) is 4.64. The Labute approximate surface area is 202 Å². The van der Waals surface area contributed by atoms with Crippen LogP contribution in [-0.2, 0) is 19.1 Å². The van der Waals surface area contributed by atoms with Gasteiger partial charge in [-0.15, -0.1) is 0 Å². The van der Waals surface area contributed by atoms with Crippen molar-refractivity contribution in [2.45, 2.75) is 24.4 Å². The van der Waals surface area contributed by atoms with E-state index in [4.69, 9.17) is 9.47 Å². The van der Waals surface area contributed by atoms with Gasteiger partial charge in [-0.2, -0.15) is 11.8 Å². The van der Waals surface area contributed by atoms with E-state index < -0.39 is 24.1 Å². The van der Waals surface area contributed by atoms with Gasteiger partial charge in [0.05, 0.1) is 19.1 Å². The average Bonchev–Trinajstić information content (AvgIpc) is 3.16. The number of alkyl carbamates (subject to hydrolysis) is 1. The van der Waals surface area contributed by atoms with Gasteiger partial charge in [0.2, 0.25) is 5.91 Å². The highest BCUT2D eigenvalue weighted by atomic mass is 32.2. The van der Waals surface area contributed by atoms with E-state index in [2.05, 4.69) is 17.4 Å². The largest absolute Gasteiger partial charge is 0.481 e. The van der Waals surface area contributed by atoms with Crippen LogP contribution in [0.5, 0.6) is 0 Å². The predicted molar refractivity (Wildman–Crippen MR) is 129 cm³/mol. The second kappa shape index (κ2) is 10.9. The molecule has 2 aliphatic rings. The van der Waals surface area contributed by atoms with E-state index in [9.17, 15) is 19.5 Å². The lowest BCUT2D eigenvalue weighted by molar-refractivity contribution is -0.141. The number of fused-ring (bicyclic) bond motifs is 3. The van der Waals surface area contributed by atoms with Gasteiger partial charge in [-0.3, -0.25) is 9.59 Å². The van der Waals surface area contributed by atoms with Crippen molar-refractivity contribution in [3.8, 4) is 11.1 Å². The number of nitrogens with zero attached hydrogens (tertiary/aromatic N) is 1. The number of nitrogens with one attached hydrogen (secondary N) is 1. The van der Waals surface area contributed by atoms with E-state index in [1.54, 1.807) is 11.8 Å². The number of thioether (sulfide) groups is 1. The molecule has 2 aromatic carbocycles. The standard InChI is InChI=1S/C25H28N2O6S/c1-32-14-22(24(30)27-10-11-34-15-16(27)12-23(28)29)26-25(31)33-13-21-19-8-4-2-6-17(19)18-7-3-5-9-20(18)21/h2-9,16,21-22H,10-15H2,1H3,(H,26,31)(H,28,29). The molecular formula is C25H28N2O6S. The second-order valence-corrected chi connectivity index (χ2v) is 9.49. The number of carboxylic acid groups (broad SMARTS) is 1. The van der Waals surface area contributed by atoms with Crippen LogP contribution in [0.25, 0.3) is 11.1 Å². The molecule has 1 aliphatic heterocycles. The first-order valence-electron chi connectivity index (χ1n) is 11.2. The molecule has 2 atom stereocenters. The van der Waals surface area contributed by atoms with Crippen LogP contribution in [0.1, 0.15) is 23.5 Å². The Balaban J connectivity index is 1.42. The van der Waals surface area contributed by atoms with Crippen molar-refractivity contribution in [2.75, 3.05) is 38.4 Å². The fraction of sp³-hybridized carbons (Fsp3) is 0.400. The van der Waals surface area contributed by atoms with E-state index in [-0.39, 0.29) is 31.5 Å². The summed E-state index contributed by atoms with van der Waals surface area (Å²) in [7, 11) is 1.44. The van der Waals surface area contributed by atoms with Gasteiger partial charge in [0.1, 0.15) is 12.6 Å². The maximum Gasteiger partial charge on any atom is 0.407 e. The highest BCUT2D eigenvalue weighted by Crippen LogP contribution is 2.44. The van der Waals surface area contributed by atoms with Crippen LogP contribution in [0.3, 0.4) is 0 Å². The van der Waals surface area contributed by atoms with E-state index in [0.29, 0.717) is 18.1 Å². The van der Waals surface area contributed by atoms with Crippen LogP contribution in [0, 0.1) is 0 Å². The van der Waals surface area contributed by atoms with Gasteiger partial charge < -0.3 is 24.8 Å². The van der Waals surface area contributed by atoms with Crippen LogP contribution < -0.4 is 5.32 Å². The maximum absolute atomic E-state index is 13.2. The normalized spacial score (nSPS) is 18.0. The third-order valence-electron chi connectivity index (χ3n) is 6.19. The number of benzene rings is 2. The van der Waals surface area contributed by atoms with E-state index in [0.717, 1.165) is 22.3 Å². The molecule has 2 amide bonds. The van der Waals surface area contributed by atoms with Crippen molar-refractivity contribution >= 4 is 29.7 Å². The number of rotatable bonds is 8. The molecule has 0 radical (unpaired) electrons. The lowest BCUT2D eigenvalue weighted by Crippen LogP contribution is -2.56. The minimum atomic E-state index is -0.960. The second-order valence-electron chi connectivity index (χ2n) is 8.34. The zero-order chi connectivity index (χ0) is 24.1. The Morgan fingerprint density at radius 2 is 1.76 bits per heavy atom. The smallest absolute Gasteiger partial charge is 0.407 e. The fourth-order valence-corrected chi connectivity index (χ4v) is 5.70. The summed E-state index contributed by atoms with van der Waals surface area (Å²) in [4.78, 5) is 38.6. The summed E-state index contributed by atoms with van der Waals surface area (Å²) in [5.41, 5.74) is 4.46. The van der Waals surface area contributed by atoms with Gasteiger partial charge in [-0.05, 0) is 22.3 Å². The summed E-state index contributed by atoms with van der Waals surface area (Å²) in [5.74, 6) is -0.149. The molecule has 8 nitrogen and oxygen atoms in total. The van der Waals surface area contributed by atoms with Gasteiger partial charge >= 0.3 is 12.1 Å². The quantitative estimate of drug-likeness (QED) is 0.594. The van der Waals surface area contributed by atoms with E-state index in [1.165, 1.54) is 12.0 Å². The Bertz CT molecular complexity index is 1020. The molecule has 0 aromatic heterocycles. The Kier molecular flexibility index (Phi) is 7.74. The summed E-state index contributed by atoms with van der Waals surface area (Å²) < 4.78 is 10.7. The number of hydrogen-bond donors (Lipinski definition) is 2. The molecule has 2 N–H and O–H groups in total. The molecule has 9 heteroatoms. The average molecular weight is 485 g/mol. The van der Waals surface area contributed by atoms with Crippen molar-refractivity contribution in [1.29, 1.82) is 0 Å². The number of aliphatic carboxylic acids is 1. The molecule has 1 aliphatic carbocycles. The van der Waals surface area contributed by atoms with Gasteiger partial charge in [0.25, 0.3) is 0 Å². The van der Waals surface area contributed by atoms with Crippen LogP contribution in [0.15, 0.2) is 48.5 Å². The lowest BCUT2D eigenvalue weighted by atomic mass is 9.98. The summed E-state index contributed by atoms with van der Waals surface area (Å²) in [5, 5.41) is 11.8. The van der Waals surface area contributed by atoms with Crippen molar-refractivity contribution in [1.82, 2.24) is 10.2 Å². The Morgan fingerprint density at radius 1 is 1.12 bits per heavy atom. The van der Waals surface area contributed by atoms with Gasteiger partial charge in [0, 0.05) is 31.1 Å². The molecule has 2 aromatic rings. The third kappa shape index (κ3) is 5.20. The number of carboxylic acids is 1. The summed E-state index contributed by atoms with van der Waals surface area (Å²) >= 11 is 1.62. The first-order chi connectivity index (χ1) is 16.5. The number of ether oxygens (including phenoxy) is 2. The van der Waals surface area contributed by atoms with Crippen LogP contribution in [0.2, 0.25) is 0 Å². The minimum Gasteiger partial charge on any atom is -0.481 e. The molecule has 1 heterocycles. The van der Waals surface area contributed by atoms with Crippen molar-refractivity contribution in [2.24, 2.45) is 0 Å². The Hall–Kier alpha value is -3.04. The SMILES string of the molecule is COCC(NC(=O)OCC1c2ccccc2-c2ccccc21)C(=O)N1CCSCC1CC(=O)O.